The number of hydrogen-bond acceptors (Lipinski definition) is 0. The first kappa shape index (κ1) is 11.1. The van der Waals surface area contributed by atoms with E-state index in [1.807, 2.05) is 0 Å². The topological polar surface area (TPSA) is 0 Å². The summed E-state index contributed by atoms with van der Waals surface area (Å²) in [5.41, 5.74) is 1.06. The molecule has 78 valence electrons. The lowest BCUT2D eigenvalue weighted by atomic mass is 9.56. The molecule has 0 saturated heterocycles. The second kappa shape index (κ2) is 3.29. The van der Waals surface area contributed by atoms with E-state index >= 15 is 0 Å². The van der Waals surface area contributed by atoms with E-state index in [0.29, 0.717) is 10.8 Å². The fourth-order valence-electron chi connectivity index (χ4n) is 4.04. The standard InChI is InChI=1S/C13H26/c1-10(2)13(12(4,5)6)9-7-8-11(13)3/h10-11H,7-9H2,1-6H3. The highest BCUT2D eigenvalue weighted by molar-refractivity contribution is 4.99. The summed E-state index contributed by atoms with van der Waals surface area (Å²) in [6.45, 7) is 14.6. The maximum absolute atomic E-state index is 2.46. The summed E-state index contributed by atoms with van der Waals surface area (Å²) in [7, 11) is 0. The minimum Gasteiger partial charge on any atom is -0.0622 e. The van der Waals surface area contributed by atoms with Gasteiger partial charge in [0.15, 0.2) is 0 Å². The van der Waals surface area contributed by atoms with Gasteiger partial charge in [-0.2, -0.15) is 0 Å². The van der Waals surface area contributed by atoms with Crippen LogP contribution in [0.1, 0.15) is 60.8 Å². The first-order valence-corrected chi connectivity index (χ1v) is 5.82. The normalized spacial score (nSPS) is 35.8. The van der Waals surface area contributed by atoms with E-state index in [0.717, 1.165) is 11.8 Å². The molecule has 0 heterocycles. The lowest BCUT2D eigenvalue weighted by Crippen LogP contribution is -2.42. The van der Waals surface area contributed by atoms with Crippen LogP contribution in [0.2, 0.25) is 0 Å². The van der Waals surface area contributed by atoms with Crippen molar-refractivity contribution in [2.45, 2.75) is 60.8 Å². The molecule has 0 nitrogen and oxygen atoms in total. The molecule has 0 aromatic carbocycles. The molecule has 0 amide bonds. The molecule has 0 radical (unpaired) electrons. The van der Waals surface area contributed by atoms with Crippen LogP contribution in [0.4, 0.5) is 0 Å². The van der Waals surface area contributed by atoms with Gasteiger partial charge in [0.25, 0.3) is 0 Å². The molecular formula is C13H26. The molecule has 1 rings (SSSR count). The van der Waals surface area contributed by atoms with E-state index in [9.17, 15) is 0 Å². The van der Waals surface area contributed by atoms with Gasteiger partial charge in [0.1, 0.15) is 0 Å². The third-order valence-electron chi connectivity index (χ3n) is 4.53. The van der Waals surface area contributed by atoms with Crippen LogP contribution in [-0.2, 0) is 0 Å². The van der Waals surface area contributed by atoms with Gasteiger partial charge in [-0.25, -0.2) is 0 Å². The van der Waals surface area contributed by atoms with Crippen LogP contribution in [0.5, 0.6) is 0 Å². The van der Waals surface area contributed by atoms with E-state index in [-0.39, 0.29) is 0 Å². The molecule has 1 saturated carbocycles. The highest BCUT2D eigenvalue weighted by Crippen LogP contribution is 2.58. The maximum Gasteiger partial charge on any atom is -0.0200 e. The smallest absolute Gasteiger partial charge is 0.0200 e. The number of rotatable bonds is 1. The molecular weight excluding hydrogens is 156 g/mol. The lowest BCUT2D eigenvalue weighted by Gasteiger charge is -2.49. The summed E-state index contributed by atoms with van der Waals surface area (Å²) in [6.07, 6.45) is 4.32. The monoisotopic (exact) mass is 182 g/mol. The Bertz CT molecular complexity index is 173. The van der Waals surface area contributed by atoms with Crippen LogP contribution in [-0.4, -0.2) is 0 Å². The summed E-state index contributed by atoms with van der Waals surface area (Å²) in [5, 5.41) is 0. The van der Waals surface area contributed by atoms with Crippen molar-refractivity contribution < 1.29 is 0 Å². The quantitative estimate of drug-likeness (QED) is 0.560. The van der Waals surface area contributed by atoms with Crippen LogP contribution in [0.3, 0.4) is 0 Å². The SMILES string of the molecule is CC(C)C1(C(C)(C)C)CCCC1C. The summed E-state index contributed by atoms with van der Waals surface area (Å²) < 4.78 is 0. The predicted octanol–water partition coefficient (Wildman–Crippen LogP) is 4.49. The molecule has 0 spiro atoms. The lowest BCUT2D eigenvalue weighted by molar-refractivity contribution is -0.00349. The third kappa shape index (κ3) is 1.53. The average Bonchev–Trinajstić information content (AvgIpc) is 2.29. The zero-order valence-electron chi connectivity index (χ0n) is 10.3. The fourth-order valence-corrected chi connectivity index (χ4v) is 4.04. The minimum atomic E-state index is 0.469. The highest BCUT2D eigenvalue weighted by atomic mass is 14.5. The van der Waals surface area contributed by atoms with Crippen LogP contribution in [0.15, 0.2) is 0 Å². The van der Waals surface area contributed by atoms with E-state index in [2.05, 4.69) is 41.5 Å². The maximum atomic E-state index is 2.46. The molecule has 1 aliphatic rings. The van der Waals surface area contributed by atoms with Gasteiger partial charge in [-0.15, -0.1) is 0 Å². The summed E-state index contributed by atoms with van der Waals surface area (Å²) in [5.74, 6) is 1.73. The Balaban J connectivity index is 3.01. The first-order chi connectivity index (χ1) is 5.82. The molecule has 0 aromatic heterocycles. The molecule has 2 atom stereocenters. The molecule has 0 aliphatic heterocycles. The summed E-state index contributed by atoms with van der Waals surface area (Å²) in [4.78, 5) is 0. The molecule has 0 heteroatoms. The van der Waals surface area contributed by atoms with Crippen LogP contribution < -0.4 is 0 Å². The molecule has 1 aliphatic carbocycles. The van der Waals surface area contributed by atoms with Crippen molar-refractivity contribution in [3.63, 3.8) is 0 Å². The zero-order chi connectivity index (χ0) is 10.3. The van der Waals surface area contributed by atoms with Gasteiger partial charge in [0, 0.05) is 0 Å². The Morgan fingerprint density at radius 3 is 1.92 bits per heavy atom. The fraction of sp³-hybridized carbons (Fsp3) is 1.00. The van der Waals surface area contributed by atoms with Crippen molar-refractivity contribution in [3.8, 4) is 0 Å². The molecule has 0 bridgehead atoms. The molecule has 0 aromatic rings. The van der Waals surface area contributed by atoms with E-state index in [1.54, 1.807) is 0 Å². The van der Waals surface area contributed by atoms with Crippen LogP contribution in [0.25, 0.3) is 0 Å². The van der Waals surface area contributed by atoms with Crippen molar-refractivity contribution >= 4 is 0 Å². The summed E-state index contributed by atoms with van der Waals surface area (Å²) in [6, 6.07) is 0. The van der Waals surface area contributed by atoms with Crippen molar-refractivity contribution in [2.24, 2.45) is 22.7 Å². The van der Waals surface area contributed by atoms with Crippen molar-refractivity contribution in [3.05, 3.63) is 0 Å². The van der Waals surface area contributed by atoms with E-state index < -0.39 is 0 Å². The molecule has 2 unspecified atom stereocenters. The van der Waals surface area contributed by atoms with Crippen molar-refractivity contribution in [1.29, 1.82) is 0 Å². The first-order valence-electron chi connectivity index (χ1n) is 5.82. The summed E-state index contributed by atoms with van der Waals surface area (Å²) >= 11 is 0. The zero-order valence-corrected chi connectivity index (χ0v) is 10.3. The average molecular weight is 182 g/mol. The number of hydrogen-bond donors (Lipinski definition) is 0. The second-order valence-corrected chi connectivity index (χ2v) is 6.24. The Kier molecular flexibility index (Phi) is 2.81. The Morgan fingerprint density at radius 1 is 1.23 bits per heavy atom. The van der Waals surface area contributed by atoms with Crippen molar-refractivity contribution in [2.75, 3.05) is 0 Å². The van der Waals surface area contributed by atoms with E-state index in [1.165, 1.54) is 19.3 Å². The molecule has 1 fully saturated rings. The van der Waals surface area contributed by atoms with Gasteiger partial charge in [-0.3, -0.25) is 0 Å². The van der Waals surface area contributed by atoms with Gasteiger partial charge < -0.3 is 0 Å². The van der Waals surface area contributed by atoms with Gasteiger partial charge in [-0.1, -0.05) is 54.4 Å². The third-order valence-corrected chi connectivity index (χ3v) is 4.53. The van der Waals surface area contributed by atoms with Crippen molar-refractivity contribution in [1.82, 2.24) is 0 Å². The van der Waals surface area contributed by atoms with Gasteiger partial charge in [0.2, 0.25) is 0 Å². The van der Waals surface area contributed by atoms with Crippen LogP contribution >= 0.6 is 0 Å². The van der Waals surface area contributed by atoms with Gasteiger partial charge >= 0.3 is 0 Å². The minimum absolute atomic E-state index is 0.469. The Hall–Kier alpha value is 0. The van der Waals surface area contributed by atoms with Gasteiger partial charge in [0.05, 0.1) is 0 Å². The molecule has 0 N–H and O–H groups in total. The Morgan fingerprint density at radius 2 is 1.77 bits per heavy atom. The Labute approximate surface area is 84.1 Å². The highest BCUT2D eigenvalue weighted by Gasteiger charge is 2.50. The largest absolute Gasteiger partial charge is 0.0622 e. The van der Waals surface area contributed by atoms with Crippen LogP contribution in [0, 0.1) is 22.7 Å². The molecule has 13 heavy (non-hydrogen) atoms. The second-order valence-electron chi connectivity index (χ2n) is 6.24. The predicted molar refractivity (Wildman–Crippen MR) is 59.7 cm³/mol. The van der Waals surface area contributed by atoms with E-state index in [4.69, 9.17) is 0 Å². The van der Waals surface area contributed by atoms with Gasteiger partial charge in [-0.05, 0) is 29.1 Å².